The van der Waals surface area contributed by atoms with Crippen molar-refractivity contribution in [2.75, 3.05) is 48.4 Å². The quantitative estimate of drug-likeness (QED) is 0.130. The van der Waals surface area contributed by atoms with Crippen molar-refractivity contribution in [2.24, 2.45) is 0 Å². The van der Waals surface area contributed by atoms with E-state index in [1.54, 1.807) is 24.9 Å². The number of unbranched alkanes of at least 4 members (excludes halogenated alkanes) is 12. The predicted octanol–water partition coefficient (Wildman–Crippen LogP) is 3.06. The highest BCUT2D eigenvalue weighted by atomic mass is 35.5. The van der Waals surface area contributed by atoms with Crippen molar-refractivity contribution >= 4 is 6.09 Å². The van der Waals surface area contributed by atoms with Crippen molar-refractivity contribution in [3.05, 3.63) is 33.1 Å². The maximum Gasteiger partial charge on any atom is 0.409 e. The van der Waals surface area contributed by atoms with E-state index in [1.165, 1.54) is 86.2 Å². The molecule has 1 heterocycles. The molecular formula is C33H63ClN4O5. The lowest BCUT2D eigenvalue weighted by Gasteiger charge is -2.26. The Hall–Kier alpha value is -1.84. The number of hydrogen-bond donors (Lipinski definition) is 0. The molecule has 2 unspecified atom stereocenters. The Labute approximate surface area is 267 Å². The second-order valence-corrected chi connectivity index (χ2v) is 13.1. The van der Waals surface area contributed by atoms with E-state index in [-0.39, 0.29) is 42.0 Å². The number of quaternary nitrogens is 1. The number of ether oxygens (including phenoxy) is 2. The molecule has 0 aliphatic rings. The fourth-order valence-electron chi connectivity index (χ4n) is 4.96. The number of halogens is 1. The van der Waals surface area contributed by atoms with Gasteiger partial charge in [-0.2, -0.15) is 0 Å². The van der Waals surface area contributed by atoms with E-state index in [0.29, 0.717) is 37.1 Å². The summed E-state index contributed by atoms with van der Waals surface area (Å²) in [6.07, 6.45) is 19.0. The highest BCUT2D eigenvalue weighted by Gasteiger charge is 2.22. The third-order valence-electron chi connectivity index (χ3n) is 7.78. The number of rotatable bonds is 24. The Morgan fingerprint density at radius 2 is 1.40 bits per heavy atom. The van der Waals surface area contributed by atoms with Crippen LogP contribution in [0.1, 0.15) is 110 Å². The number of carbonyl (C=O) groups excluding carboxylic acids is 1. The number of amides is 1. The van der Waals surface area contributed by atoms with Crippen LogP contribution in [0, 0.1) is 0 Å². The fourth-order valence-corrected chi connectivity index (χ4v) is 4.96. The highest BCUT2D eigenvalue weighted by Crippen LogP contribution is 2.17. The summed E-state index contributed by atoms with van der Waals surface area (Å²) >= 11 is 0. The molecule has 1 rings (SSSR count). The van der Waals surface area contributed by atoms with E-state index in [2.05, 4.69) is 6.92 Å². The molecule has 10 heteroatoms. The van der Waals surface area contributed by atoms with Gasteiger partial charge in [-0.05, 0) is 19.8 Å². The zero-order chi connectivity index (χ0) is 31.4. The number of aryl methyl sites for hydroxylation is 1. The van der Waals surface area contributed by atoms with Crippen molar-refractivity contribution in [2.45, 2.75) is 135 Å². The summed E-state index contributed by atoms with van der Waals surface area (Å²) in [4.78, 5) is 38.8. The molecule has 0 aliphatic carbocycles. The average molecular weight is 631 g/mol. The van der Waals surface area contributed by atoms with Gasteiger partial charge < -0.3 is 35.8 Å². The summed E-state index contributed by atoms with van der Waals surface area (Å²) in [7, 11) is 9.46. The standard InChI is InChI=1S/C33H63N4O5.ClH/c1-8-9-10-11-12-13-14-15-16-17-18-19-20-22-30(29(2)42-33(40)34(3)4)41-28-21-24-35-25-23-31(38)36(32(35)39)26-27-37(5,6)7;/h23,25,29-30H,8-22,24,26-28H2,1-7H3;1H/q+1;/p-1. The van der Waals surface area contributed by atoms with Crippen molar-refractivity contribution in [1.82, 2.24) is 14.0 Å². The minimum absolute atomic E-state index is 0. The van der Waals surface area contributed by atoms with E-state index < -0.39 is 0 Å². The molecule has 43 heavy (non-hydrogen) atoms. The second kappa shape index (κ2) is 23.5. The van der Waals surface area contributed by atoms with Crippen LogP contribution in [0.4, 0.5) is 4.79 Å². The summed E-state index contributed by atoms with van der Waals surface area (Å²) in [5.74, 6) is 0. The zero-order valence-corrected chi connectivity index (χ0v) is 29.2. The molecule has 9 nitrogen and oxygen atoms in total. The molecule has 0 aliphatic heterocycles. The van der Waals surface area contributed by atoms with Gasteiger partial charge in [-0.15, -0.1) is 0 Å². The normalized spacial score (nSPS) is 12.9. The van der Waals surface area contributed by atoms with Crippen molar-refractivity contribution in [3.63, 3.8) is 0 Å². The number of hydrogen-bond acceptors (Lipinski definition) is 5. The van der Waals surface area contributed by atoms with Crippen LogP contribution in [0.15, 0.2) is 21.9 Å². The molecule has 0 fully saturated rings. The maximum absolute atomic E-state index is 12.9. The van der Waals surface area contributed by atoms with E-state index in [9.17, 15) is 14.4 Å². The first-order valence-electron chi connectivity index (χ1n) is 16.6. The largest absolute Gasteiger partial charge is 1.00 e. The minimum Gasteiger partial charge on any atom is -1.00 e. The Kier molecular flexibility index (Phi) is 22.5. The third kappa shape index (κ3) is 19.2. The van der Waals surface area contributed by atoms with Crippen LogP contribution >= 0.6 is 0 Å². The first kappa shape index (κ1) is 41.2. The average Bonchev–Trinajstić information content (AvgIpc) is 2.92. The summed E-state index contributed by atoms with van der Waals surface area (Å²) in [6, 6.07) is 1.46. The zero-order valence-electron chi connectivity index (χ0n) is 28.5. The molecule has 252 valence electrons. The van der Waals surface area contributed by atoms with E-state index in [4.69, 9.17) is 9.47 Å². The van der Waals surface area contributed by atoms with E-state index in [0.717, 1.165) is 19.3 Å². The smallest absolute Gasteiger partial charge is 0.409 e. The van der Waals surface area contributed by atoms with E-state index >= 15 is 0 Å². The van der Waals surface area contributed by atoms with Crippen LogP contribution in [0.2, 0.25) is 0 Å². The van der Waals surface area contributed by atoms with Gasteiger partial charge in [0, 0.05) is 39.5 Å². The van der Waals surface area contributed by atoms with Gasteiger partial charge in [0.25, 0.3) is 5.56 Å². The Balaban J connectivity index is 0.0000176. The van der Waals surface area contributed by atoms with Gasteiger partial charge in [-0.1, -0.05) is 90.4 Å². The molecule has 0 saturated heterocycles. The monoisotopic (exact) mass is 630 g/mol. The van der Waals surface area contributed by atoms with Gasteiger partial charge in [-0.25, -0.2) is 9.59 Å². The third-order valence-corrected chi connectivity index (χ3v) is 7.78. The first-order chi connectivity index (χ1) is 20.0. The Bertz CT molecular complexity index is 973. The van der Waals surface area contributed by atoms with Crippen LogP contribution in [0.5, 0.6) is 0 Å². The molecule has 0 bridgehead atoms. The summed E-state index contributed by atoms with van der Waals surface area (Å²) < 4.78 is 15.4. The van der Waals surface area contributed by atoms with Gasteiger partial charge in [0.2, 0.25) is 0 Å². The number of likely N-dealkylation sites (N-methyl/N-ethyl adjacent to an activating group) is 1. The molecule has 0 spiro atoms. The topological polar surface area (TPSA) is 82.8 Å². The SMILES string of the molecule is CCCCCCCCCCCCCCCC(OCCCn1ccc(=O)n(CC[N+](C)(C)C)c1=O)C(C)OC(=O)N(C)C.[Cl-]. The highest BCUT2D eigenvalue weighted by molar-refractivity contribution is 5.66. The van der Waals surface area contributed by atoms with Crippen molar-refractivity contribution in [3.8, 4) is 0 Å². The predicted molar refractivity (Wildman–Crippen MR) is 172 cm³/mol. The van der Waals surface area contributed by atoms with Crippen LogP contribution in [0.3, 0.4) is 0 Å². The summed E-state index contributed by atoms with van der Waals surface area (Å²) in [5, 5.41) is 0. The fraction of sp³-hybridized carbons (Fsp3) is 0.848. The maximum atomic E-state index is 12.9. The van der Waals surface area contributed by atoms with Crippen molar-refractivity contribution < 1.29 is 31.2 Å². The van der Waals surface area contributed by atoms with Crippen LogP contribution < -0.4 is 23.7 Å². The number of aromatic nitrogens is 2. The molecule has 0 radical (unpaired) electrons. The van der Waals surface area contributed by atoms with E-state index in [1.807, 2.05) is 28.1 Å². The lowest BCUT2D eigenvalue weighted by Crippen LogP contribution is -3.00. The van der Waals surface area contributed by atoms with Crippen molar-refractivity contribution in [1.29, 1.82) is 0 Å². The molecule has 1 aromatic heterocycles. The molecule has 1 aromatic rings. The first-order valence-corrected chi connectivity index (χ1v) is 16.6. The molecule has 1 amide bonds. The van der Waals surface area contributed by atoms with Gasteiger partial charge in [-0.3, -0.25) is 9.36 Å². The Morgan fingerprint density at radius 1 is 0.860 bits per heavy atom. The lowest BCUT2D eigenvalue weighted by atomic mass is 10.0. The van der Waals surface area contributed by atoms with Gasteiger partial charge >= 0.3 is 11.8 Å². The molecule has 2 atom stereocenters. The summed E-state index contributed by atoms with van der Waals surface area (Å²) in [5.41, 5.74) is -0.553. The number of nitrogens with zero attached hydrogens (tertiary/aromatic N) is 4. The second-order valence-electron chi connectivity index (χ2n) is 13.1. The molecular weight excluding hydrogens is 568 g/mol. The molecule has 0 saturated carbocycles. The number of carbonyl (C=O) groups is 1. The lowest BCUT2D eigenvalue weighted by molar-refractivity contribution is -0.871. The van der Waals surface area contributed by atoms with Gasteiger partial charge in [0.05, 0.1) is 40.3 Å². The molecule has 0 N–H and O–H groups in total. The van der Waals surface area contributed by atoms with Gasteiger partial charge in [0.15, 0.2) is 0 Å². The van der Waals surface area contributed by atoms with Crippen LogP contribution in [-0.2, 0) is 22.6 Å². The minimum atomic E-state index is -0.371. The van der Waals surface area contributed by atoms with Crippen LogP contribution in [-0.4, -0.2) is 85.2 Å². The van der Waals surface area contributed by atoms with Crippen LogP contribution in [0.25, 0.3) is 0 Å². The summed E-state index contributed by atoms with van der Waals surface area (Å²) in [6.45, 7) is 6.13. The Morgan fingerprint density at radius 3 is 1.91 bits per heavy atom. The molecule has 0 aromatic carbocycles. The van der Waals surface area contributed by atoms with Gasteiger partial charge in [0.1, 0.15) is 6.10 Å².